The Morgan fingerprint density at radius 1 is 1.16 bits per heavy atom. The number of aliphatic hydroxyl groups excluding tert-OH is 1. The molecule has 1 aliphatic carbocycles. The van der Waals surface area contributed by atoms with Gasteiger partial charge in [-0.3, -0.25) is 0 Å². The molecule has 9 heteroatoms. The highest BCUT2D eigenvalue weighted by molar-refractivity contribution is 5.78. The molecule has 2 N–H and O–H groups in total. The first-order chi connectivity index (χ1) is 15.5. The third-order valence-corrected chi connectivity index (χ3v) is 6.41. The Kier molecular flexibility index (Phi) is 4.29. The molecule has 1 saturated heterocycles. The maximum Gasteiger partial charge on any atom is 0.160 e. The van der Waals surface area contributed by atoms with Gasteiger partial charge in [0, 0.05) is 18.7 Å². The van der Waals surface area contributed by atoms with E-state index in [0.29, 0.717) is 42.4 Å². The first-order valence-corrected chi connectivity index (χ1v) is 11.0. The lowest BCUT2D eigenvalue weighted by Gasteiger charge is -2.21. The number of aliphatic hydroxyl groups is 1. The van der Waals surface area contributed by atoms with Crippen LogP contribution in [0, 0.1) is 6.92 Å². The summed E-state index contributed by atoms with van der Waals surface area (Å²) in [6.45, 7) is 2.94. The second-order valence-corrected chi connectivity index (χ2v) is 8.84. The van der Waals surface area contributed by atoms with E-state index in [9.17, 15) is 9.50 Å². The highest BCUT2D eigenvalue weighted by Gasteiger charge is 2.42. The molecule has 6 rings (SSSR count). The van der Waals surface area contributed by atoms with Crippen LogP contribution in [0.15, 0.2) is 36.4 Å². The SMILES string of the molecule is Cc1nc2ccccc2nc1-c1cc2nc(N3CC[C@@H](F)C3)cc(NC3(CO)CC3)n2n1. The lowest BCUT2D eigenvalue weighted by molar-refractivity contribution is 0.266. The molecule has 3 aromatic heterocycles. The number of benzene rings is 1. The normalized spacial score (nSPS) is 19.7. The van der Waals surface area contributed by atoms with Crippen molar-refractivity contribution in [1.29, 1.82) is 0 Å². The molecule has 1 aliphatic heterocycles. The lowest BCUT2D eigenvalue weighted by Crippen LogP contribution is -2.28. The van der Waals surface area contributed by atoms with Crippen LogP contribution in [-0.2, 0) is 0 Å². The van der Waals surface area contributed by atoms with Crippen LogP contribution < -0.4 is 10.2 Å². The number of rotatable bonds is 5. The number of nitrogens with one attached hydrogen (secondary N) is 1. The van der Waals surface area contributed by atoms with Gasteiger partial charge < -0.3 is 15.3 Å². The van der Waals surface area contributed by atoms with Crippen LogP contribution in [-0.4, -0.2) is 61.1 Å². The van der Waals surface area contributed by atoms with E-state index in [0.717, 1.165) is 35.4 Å². The van der Waals surface area contributed by atoms with Crippen molar-refractivity contribution in [3.63, 3.8) is 0 Å². The van der Waals surface area contributed by atoms with Gasteiger partial charge in [-0.25, -0.2) is 19.3 Å². The van der Waals surface area contributed by atoms with Crippen molar-refractivity contribution in [2.45, 2.75) is 37.9 Å². The van der Waals surface area contributed by atoms with Crippen molar-refractivity contribution in [3.8, 4) is 11.4 Å². The van der Waals surface area contributed by atoms with Crippen LogP contribution in [0.4, 0.5) is 16.0 Å². The minimum Gasteiger partial charge on any atom is -0.394 e. The fourth-order valence-corrected chi connectivity index (χ4v) is 4.33. The average Bonchev–Trinajstić information content (AvgIpc) is 3.21. The van der Waals surface area contributed by atoms with E-state index in [-0.39, 0.29) is 12.1 Å². The standard InChI is InChI=1S/C23H24FN7O/c1-14-22(26-17-5-3-2-4-16(17)25-14)18-10-20-27-19(30-9-6-15(24)12-30)11-21(31(20)29-18)28-23(13-32)7-8-23/h2-5,10-11,15,28,32H,6-9,12-13H2,1H3/t15-/m1/s1. The van der Waals surface area contributed by atoms with Gasteiger partial charge in [0.15, 0.2) is 5.65 Å². The summed E-state index contributed by atoms with van der Waals surface area (Å²) in [6, 6.07) is 11.5. The summed E-state index contributed by atoms with van der Waals surface area (Å²) < 4.78 is 15.6. The predicted octanol–water partition coefficient (Wildman–Crippen LogP) is 3.13. The molecule has 0 amide bonds. The molecule has 1 aromatic carbocycles. The Balaban J connectivity index is 1.49. The summed E-state index contributed by atoms with van der Waals surface area (Å²) in [5, 5.41) is 18.1. The minimum atomic E-state index is -0.840. The van der Waals surface area contributed by atoms with Gasteiger partial charge in [0.1, 0.15) is 29.2 Å². The van der Waals surface area contributed by atoms with Crippen LogP contribution in [0.1, 0.15) is 25.0 Å². The van der Waals surface area contributed by atoms with Gasteiger partial charge >= 0.3 is 0 Å². The van der Waals surface area contributed by atoms with Gasteiger partial charge in [0.25, 0.3) is 0 Å². The zero-order valence-electron chi connectivity index (χ0n) is 17.8. The molecule has 0 radical (unpaired) electrons. The number of hydrogen-bond acceptors (Lipinski definition) is 7. The smallest absolute Gasteiger partial charge is 0.160 e. The largest absolute Gasteiger partial charge is 0.394 e. The molecule has 0 bridgehead atoms. The summed E-state index contributed by atoms with van der Waals surface area (Å²) in [5.41, 5.74) is 4.13. The van der Waals surface area contributed by atoms with Crippen molar-refractivity contribution in [2.75, 3.05) is 29.9 Å². The maximum atomic E-state index is 13.9. The van der Waals surface area contributed by atoms with Gasteiger partial charge in [-0.05, 0) is 38.3 Å². The zero-order valence-corrected chi connectivity index (χ0v) is 17.8. The average molecular weight is 433 g/mol. The summed E-state index contributed by atoms with van der Waals surface area (Å²) in [7, 11) is 0. The van der Waals surface area contributed by atoms with E-state index < -0.39 is 6.17 Å². The molecule has 32 heavy (non-hydrogen) atoms. The maximum absolute atomic E-state index is 13.9. The molecule has 1 atom stereocenters. The Morgan fingerprint density at radius 2 is 1.94 bits per heavy atom. The highest BCUT2D eigenvalue weighted by Crippen LogP contribution is 2.39. The van der Waals surface area contributed by atoms with E-state index in [2.05, 4.69) is 10.3 Å². The number of alkyl halides is 1. The van der Waals surface area contributed by atoms with Crippen molar-refractivity contribution in [3.05, 3.63) is 42.1 Å². The summed E-state index contributed by atoms with van der Waals surface area (Å²) >= 11 is 0. The highest BCUT2D eigenvalue weighted by atomic mass is 19.1. The second kappa shape index (κ2) is 7.09. The Bertz CT molecular complexity index is 1330. The minimum absolute atomic E-state index is 0.0474. The summed E-state index contributed by atoms with van der Waals surface area (Å²) in [5.74, 6) is 1.44. The molecule has 0 spiro atoms. The van der Waals surface area contributed by atoms with E-state index in [1.165, 1.54) is 0 Å². The second-order valence-electron chi connectivity index (χ2n) is 8.84. The number of para-hydroxylation sites is 2. The third kappa shape index (κ3) is 3.24. The number of fused-ring (bicyclic) bond motifs is 2. The van der Waals surface area contributed by atoms with Gasteiger partial charge in [-0.2, -0.15) is 9.61 Å². The van der Waals surface area contributed by atoms with Crippen molar-refractivity contribution >= 4 is 28.3 Å². The first kappa shape index (κ1) is 19.4. The van der Waals surface area contributed by atoms with Crippen molar-refractivity contribution < 1.29 is 9.50 Å². The molecule has 8 nitrogen and oxygen atoms in total. The molecule has 2 aliphatic rings. The monoisotopic (exact) mass is 433 g/mol. The van der Waals surface area contributed by atoms with Gasteiger partial charge in [-0.1, -0.05) is 12.1 Å². The first-order valence-electron chi connectivity index (χ1n) is 11.0. The van der Waals surface area contributed by atoms with Crippen LogP contribution in [0.5, 0.6) is 0 Å². The van der Waals surface area contributed by atoms with Gasteiger partial charge in [0.2, 0.25) is 0 Å². The molecule has 4 aromatic rings. The van der Waals surface area contributed by atoms with E-state index in [1.54, 1.807) is 4.52 Å². The van der Waals surface area contributed by atoms with Gasteiger partial charge in [0.05, 0.1) is 35.4 Å². The van der Waals surface area contributed by atoms with Gasteiger partial charge in [-0.15, -0.1) is 0 Å². The number of halogens is 1. The van der Waals surface area contributed by atoms with Crippen molar-refractivity contribution in [2.24, 2.45) is 0 Å². The van der Waals surface area contributed by atoms with E-state index in [4.69, 9.17) is 15.1 Å². The number of anilines is 2. The molecule has 164 valence electrons. The number of hydrogen-bond donors (Lipinski definition) is 2. The number of aryl methyl sites for hydroxylation is 1. The summed E-state index contributed by atoms with van der Waals surface area (Å²) in [4.78, 5) is 16.2. The van der Waals surface area contributed by atoms with Crippen molar-refractivity contribution in [1.82, 2.24) is 24.6 Å². The number of nitrogens with zero attached hydrogens (tertiary/aromatic N) is 6. The van der Waals surface area contributed by atoms with Crippen LogP contribution in [0.2, 0.25) is 0 Å². The van der Waals surface area contributed by atoms with Crippen LogP contribution in [0.25, 0.3) is 28.1 Å². The molecular formula is C23H24FN7O. The lowest BCUT2D eigenvalue weighted by atomic mass is 10.2. The molecule has 0 unspecified atom stereocenters. The molecular weight excluding hydrogens is 409 g/mol. The predicted molar refractivity (Wildman–Crippen MR) is 121 cm³/mol. The van der Waals surface area contributed by atoms with E-state index in [1.807, 2.05) is 48.2 Å². The zero-order chi connectivity index (χ0) is 21.9. The Hall–Kier alpha value is -3.33. The topological polar surface area (TPSA) is 91.5 Å². The fraction of sp³-hybridized carbons (Fsp3) is 0.391. The Labute approximate surface area is 184 Å². The molecule has 1 saturated carbocycles. The quantitative estimate of drug-likeness (QED) is 0.500. The molecule has 4 heterocycles. The number of aromatic nitrogens is 5. The van der Waals surface area contributed by atoms with Crippen LogP contribution in [0.3, 0.4) is 0 Å². The fourth-order valence-electron chi connectivity index (χ4n) is 4.33. The van der Waals surface area contributed by atoms with E-state index >= 15 is 0 Å². The van der Waals surface area contributed by atoms with Crippen LogP contribution >= 0.6 is 0 Å². The molecule has 2 fully saturated rings. The summed E-state index contributed by atoms with van der Waals surface area (Å²) in [6.07, 6.45) is 1.45. The Morgan fingerprint density at radius 3 is 2.62 bits per heavy atom. The third-order valence-electron chi connectivity index (χ3n) is 6.41.